The molecule has 0 amide bonds. The molecule has 0 saturated carbocycles. The number of hydrogen-bond donors (Lipinski definition) is 1. The first-order chi connectivity index (χ1) is 7.38. The van der Waals surface area contributed by atoms with Gasteiger partial charge in [-0.3, -0.25) is 5.01 Å². The van der Waals surface area contributed by atoms with Crippen molar-refractivity contribution in [2.45, 2.75) is 18.9 Å². The van der Waals surface area contributed by atoms with E-state index >= 15 is 0 Å². The van der Waals surface area contributed by atoms with Crippen LogP contribution in [0.2, 0.25) is 0 Å². The van der Waals surface area contributed by atoms with Crippen LogP contribution in [0.1, 0.15) is 12.8 Å². The number of benzene rings is 1. The van der Waals surface area contributed by atoms with Gasteiger partial charge in [-0.25, -0.2) is 0 Å². The van der Waals surface area contributed by atoms with Crippen LogP contribution in [0.5, 0.6) is 0 Å². The molecule has 2 rings (SSSR count). The summed E-state index contributed by atoms with van der Waals surface area (Å²) in [4.78, 5) is 10.3. The summed E-state index contributed by atoms with van der Waals surface area (Å²) >= 11 is 0. The second kappa shape index (κ2) is 4.77. The lowest BCUT2D eigenvalue weighted by Crippen LogP contribution is -2.35. The van der Waals surface area contributed by atoms with Gasteiger partial charge in [0.1, 0.15) is 0 Å². The zero-order valence-electron chi connectivity index (χ0n) is 8.60. The average molecular weight is 205 g/mol. The third kappa shape index (κ3) is 2.68. The van der Waals surface area contributed by atoms with Gasteiger partial charge in [-0.15, -0.1) is 4.91 Å². The van der Waals surface area contributed by atoms with E-state index in [0.29, 0.717) is 6.04 Å². The number of anilines is 1. The maximum atomic E-state index is 10.3. The predicted octanol–water partition coefficient (Wildman–Crippen LogP) is 2.24. The molecule has 1 aliphatic heterocycles. The SMILES string of the molecule is O=NN1CCC(Nc2ccccc2)CC1. The minimum atomic E-state index is 0.463. The summed E-state index contributed by atoms with van der Waals surface area (Å²) in [6.07, 6.45) is 1.95. The maximum absolute atomic E-state index is 10.3. The molecule has 1 aromatic carbocycles. The summed E-state index contributed by atoms with van der Waals surface area (Å²) in [6.45, 7) is 1.52. The van der Waals surface area contributed by atoms with Gasteiger partial charge >= 0.3 is 0 Å². The second-order valence-electron chi connectivity index (χ2n) is 3.82. The summed E-state index contributed by atoms with van der Waals surface area (Å²) in [5, 5.41) is 7.99. The van der Waals surface area contributed by atoms with Crippen molar-refractivity contribution in [3.05, 3.63) is 35.2 Å². The molecule has 1 N–H and O–H groups in total. The molecule has 1 fully saturated rings. The molecule has 80 valence electrons. The fraction of sp³-hybridized carbons (Fsp3) is 0.455. The highest BCUT2D eigenvalue weighted by atomic mass is 16.3. The Morgan fingerprint density at radius 3 is 2.47 bits per heavy atom. The highest BCUT2D eigenvalue weighted by molar-refractivity contribution is 5.43. The number of hydrogen-bond acceptors (Lipinski definition) is 3. The summed E-state index contributed by atoms with van der Waals surface area (Å²) in [5.74, 6) is 0. The fourth-order valence-electron chi connectivity index (χ4n) is 1.86. The Morgan fingerprint density at radius 1 is 1.20 bits per heavy atom. The Labute approximate surface area is 89.2 Å². The van der Waals surface area contributed by atoms with E-state index in [0.717, 1.165) is 31.6 Å². The van der Waals surface area contributed by atoms with E-state index < -0.39 is 0 Å². The van der Waals surface area contributed by atoms with Crippen molar-refractivity contribution >= 4 is 5.69 Å². The van der Waals surface area contributed by atoms with Crippen LogP contribution >= 0.6 is 0 Å². The topological polar surface area (TPSA) is 44.7 Å². The number of piperidine rings is 1. The fourth-order valence-corrected chi connectivity index (χ4v) is 1.86. The highest BCUT2D eigenvalue weighted by Crippen LogP contribution is 2.16. The minimum Gasteiger partial charge on any atom is -0.382 e. The van der Waals surface area contributed by atoms with E-state index in [1.807, 2.05) is 18.2 Å². The number of para-hydroxylation sites is 1. The average Bonchev–Trinajstić information content (AvgIpc) is 2.31. The molecule has 0 bridgehead atoms. The van der Waals surface area contributed by atoms with Gasteiger partial charge in [-0.05, 0) is 25.0 Å². The molecule has 1 aliphatic rings. The van der Waals surface area contributed by atoms with E-state index in [2.05, 4.69) is 22.7 Å². The van der Waals surface area contributed by atoms with Gasteiger partial charge in [-0.2, -0.15) is 0 Å². The van der Waals surface area contributed by atoms with E-state index in [9.17, 15) is 4.91 Å². The lowest BCUT2D eigenvalue weighted by Gasteiger charge is -2.28. The first kappa shape index (κ1) is 9.96. The van der Waals surface area contributed by atoms with Crippen molar-refractivity contribution in [1.82, 2.24) is 5.01 Å². The molecule has 0 unspecified atom stereocenters. The zero-order valence-corrected chi connectivity index (χ0v) is 8.60. The molecule has 4 heteroatoms. The molecule has 0 spiro atoms. The Balaban J connectivity index is 1.85. The first-order valence-corrected chi connectivity index (χ1v) is 5.28. The van der Waals surface area contributed by atoms with Crippen molar-refractivity contribution in [3.63, 3.8) is 0 Å². The Kier molecular flexibility index (Phi) is 3.17. The summed E-state index contributed by atoms with van der Waals surface area (Å²) in [6, 6.07) is 10.6. The van der Waals surface area contributed by atoms with E-state index in [4.69, 9.17) is 0 Å². The predicted molar refractivity (Wildman–Crippen MR) is 60.5 cm³/mol. The molecular formula is C11H15N3O. The number of rotatable bonds is 3. The van der Waals surface area contributed by atoms with Crippen LogP contribution < -0.4 is 5.32 Å². The van der Waals surface area contributed by atoms with Crippen molar-refractivity contribution in [1.29, 1.82) is 0 Å². The lowest BCUT2D eigenvalue weighted by molar-refractivity contribution is 0.225. The number of nitrogens with zero attached hydrogens (tertiary/aromatic N) is 2. The number of nitrogens with one attached hydrogen (secondary N) is 1. The molecule has 0 aliphatic carbocycles. The molecule has 0 radical (unpaired) electrons. The molecule has 0 atom stereocenters. The second-order valence-corrected chi connectivity index (χ2v) is 3.82. The standard InChI is InChI=1S/C11H15N3O/c15-13-14-8-6-11(7-9-14)12-10-4-2-1-3-5-10/h1-5,11-12H,6-9H2. The molecule has 1 heterocycles. The van der Waals surface area contributed by atoms with E-state index in [1.165, 1.54) is 0 Å². The van der Waals surface area contributed by atoms with Crippen LogP contribution in [0.25, 0.3) is 0 Å². The van der Waals surface area contributed by atoms with Crippen LogP contribution in [-0.2, 0) is 0 Å². The minimum absolute atomic E-state index is 0.463. The van der Waals surface area contributed by atoms with Gasteiger partial charge in [0.05, 0.1) is 5.29 Å². The lowest BCUT2D eigenvalue weighted by atomic mass is 10.1. The highest BCUT2D eigenvalue weighted by Gasteiger charge is 2.18. The normalized spacial score (nSPS) is 17.5. The quantitative estimate of drug-likeness (QED) is 0.770. The van der Waals surface area contributed by atoms with Gasteiger partial charge in [-0.1, -0.05) is 18.2 Å². The molecule has 1 aromatic rings. The first-order valence-electron chi connectivity index (χ1n) is 5.28. The Morgan fingerprint density at radius 2 is 1.87 bits per heavy atom. The van der Waals surface area contributed by atoms with Crippen LogP contribution in [0.3, 0.4) is 0 Å². The van der Waals surface area contributed by atoms with Crippen LogP contribution in [0.15, 0.2) is 35.6 Å². The van der Waals surface area contributed by atoms with Crippen molar-refractivity contribution in [2.75, 3.05) is 18.4 Å². The third-order valence-electron chi connectivity index (χ3n) is 2.73. The van der Waals surface area contributed by atoms with E-state index in [-0.39, 0.29) is 0 Å². The zero-order chi connectivity index (χ0) is 10.5. The molecular weight excluding hydrogens is 190 g/mol. The molecule has 0 aromatic heterocycles. The van der Waals surface area contributed by atoms with Crippen LogP contribution in [-0.4, -0.2) is 24.1 Å². The third-order valence-corrected chi connectivity index (χ3v) is 2.73. The number of nitroso groups, excluding NO2 is 1. The summed E-state index contributed by atoms with van der Waals surface area (Å²) in [7, 11) is 0. The van der Waals surface area contributed by atoms with Gasteiger partial charge in [0.2, 0.25) is 0 Å². The van der Waals surface area contributed by atoms with Crippen LogP contribution in [0.4, 0.5) is 5.69 Å². The molecule has 4 nitrogen and oxygen atoms in total. The van der Waals surface area contributed by atoms with E-state index in [1.54, 1.807) is 5.01 Å². The van der Waals surface area contributed by atoms with Gasteiger partial charge in [0, 0.05) is 24.8 Å². The van der Waals surface area contributed by atoms with Crippen molar-refractivity contribution < 1.29 is 0 Å². The molecule has 1 saturated heterocycles. The Bertz CT molecular complexity index is 307. The Hall–Kier alpha value is -1.58. The molecule has 15 heavy (non-hydrogen) atoms. The van der Waals surface area contributed by atoms with Gasteiger partial charge in [0.25, 0.3) is 0 Å². The largest absolute Gasteiger partial charge is 0.382 e. The monoisotopic (exact) mass is 205 g/mol. The van der Waals surface area contributed by atoms with Gasteiger partial charge < -0.3 is 5.32 Å². The summed E-state index contributed by atoms with van der Waals surface area (Å²) in [5.41, 5.74) is 1.15. The van der Waals surface area contributed by atoms with Crippen LogP contribution in [0, 0.1) is 4.91 Å². The van der Waals surface area contributed by atoms with Gasteiger partial charge in [0.15, 0.2) is 0 Å². The van der Waals surface area contributed by atoms with Crippen molar-refractivity contribution in [2.24, 2.45) is 5.29 Å². The maximum Gasteiger partial charge on any atom is 0.0523 e. The van der Waals surface area contributed by atoms with Crippen molar-refractivity contribution in [3.8, 4) is 0 Å². The summed E-state index contributed by atoms with van der Waals surface area (Å²) < 4.78 is 0. The smallest absolute Gasteiger partial charge is 0.0523 e.